The highest BCUT2D eigenvalue weighted by molar-refractivity contribution is 5.33. The maximum atomic E-state index is 4.61. The number of fused-ring (bicyclic) bond motifs is 1. The van der Waals surface area contributed by atoms with Crippen molar-refractivity contribution in [1.82, 2.24) is 4.98 Å². The summed E-state index contributed by atoms with van der Waals surface area (Å²) in [5, 5.41) is 0. The minimum Gasteiger partial charge on any atom is -0.257 e. The number of aryl methyl sites for hydroxylation is 2. The SMILES string of the molecule is Cc1ccc2c(n1)C(C)(C)CC2. The first-order chi connectivity index (χ1) is 5.59. The molecule has 1 heterocycles. The van der Waals surface area contributed by atoms with Crippen molar-refractivity contribution < 1.29 is 0 Å². The van der Waals surface area contributed by atoms with Gasteiger partial charge in [0.25, 0.3) is 0 Å². The Hall–Kier alpha value is -0.850. The zero-order chi connectivity index (χ0) is 8.77. The van der Waals surface area contributed by atoms with Gasteiger partial charge in [-0.1, -0.05) is 19.9 Å². The van der Waals surface area contributed by atoms with E-state index in [0.717, 1.165) is 5.69 Å². The van der Waals surface area contributed by atoms with Crippen LogP contribution in [0.5, 0.6) is 0 Å². The number of hydrogen-bond acceptors (Lipinski definition) is 1. The zero-order valence-corrected chi connectivity index (χ0v) is 8.02. The average Bonchev–Trinajstić information content (AvgIpc) is 2.28. The Bertz CT molecular complexity index is 313. The molecule has 1 aromatic heterocycles. The normalized spacial score (nSPS) is 19.2. The van der Waals surface area contributed by atoms with Crippen LogP contribution in [0.4, 0.5) is 0 Å². The molecule has 0 bridgehead atoms. The topological polar surface area (TPSA) is 12.9 Å². The molecule has 0 saturated carbocycles. The van der Waals surface area contributed by atoms with E-state index in [2.05, 4.69) is 37.9 Å². The summed E-state index contributed by atoms with van der Waals surface area (Å²) in [4.78, 5) is 4.61. The lowest BCUT2D eigenvalue weighted by Gasteiger charge is -2.17. The van der Waals surface area contributed by atoms with Crippen LogP contribution < -0.4 is 0 Å². The van der Waals surface area contributed by atoms with E-state index >= 15 is 0 Å². The van der Waals surface area contributed by atoms with Crippen LogP contribution in [0.3, 0.4) is 0 Å². The van der Waals surface area contributed by atoms with Crippen LogP contribution in [0.2, 0.25) is 0 Å². The molecule has 1 aliphatic carbocycles. The third kappa shape index (κ3) is 1.04. The Morgan fingerprint density at radius 3 is 2.83 bits per heavy atom. The molecule has 0 fully saturated rings. The lowest BCUT2D eigenvalue weighted by atomic mass is 9.90. The molecule has 0 amide bonds. The highest BCUT2D eigenvalue weighted by Gasteiger charge is 2.30. The van der Waals surface area contributed by atoms with Gasteiger partial charge >= 0.3 is 0 Å². The van der Waals surface area contributed by atoms with Gasteiger partial charge in [-0.15, -0.1) is 0 Å². The Morgan fingerprint density at radius 1 is 1.33 bits per heavy atom. The number of rotatable bonds is 0. The van der Waals surface area contributed by atoms with Gasteiger partial charge in [-0.05, 0) is 31.4 Å². The standard InChI is InChI=1S/C11H15N/c1-8-4-5-9-6-7-11(2,3)10(9)12-8/h4-5H,6-7H2,1-3H3. The van der Waals surface area contributed by atoms with Gasteiger partial charge < -0.3 is 0 Å². The molecule has 0 N–H and O–H groups in total. The van der Waals surface area contributed by atoms with Crippen LogP contribution in [0.25, 0.3) is 0 Å². The van der Waals surface area contributed by atoms with Crippen molar-refractivity contribution in [2.75, 3.05) is 0 Å². The van der Waals surface area contributed by atoms with E-state index < -0.39 is 0 Å². The number of nitrogens with zero attached hydrogens (tertiary/aromatic N) is 1. The molecule has 0 unspecified atom stereocenters. The molecule has 0 aromatic carbocycles. The van der Waals surface area contributed by atoms with Gasteiger partial charge in [-0.25, -0.2) is 0 Å². The van der Waals surface area contributed by atoms with Crippen molar-refractivity contribution in [2.24, 2.45) is 0 Å². The highest BCUT2D eigenvalue weighted by Crippen LogP contribution is 2.36. The van der Waals surface area contributed by atoms with Gasteiger partial charge in [-0.2, -0.15) is 0 Å². The molecule has 64 valence electrons. The number of hydrogen-bond donors (Lipinski definition) is 0. The molecule has 1 aromatic rings. The third-order valence-corrected chi connectivity index (χ3v) is 2.78. The van der Waals surface area contributed by atoms with E-state index in [-0.39, 0.29) is 0 Å². The summed E-state index contributed by atoms with van der Waals surface area (Å²) >= 11 is 0. The minimum absolute atomic E-state index is 0.307. The van der Waals surface area contributed by atoms with Crippen LogP contribution in [-0.2, 0) is 11.8 Å². The van der Waals surface area contributed by atoms with Crippen molar-refractivity contribution in [1.29, 1.82) is 0 Å². The van der Waals surface area contributed by atoms with E-state index in [0.29, 0.717) is 5.41 Å². The van der Waals surface area contributed by atoms with Crippen molar-refractivity contribution >= 4 is 0 Å². The predicted molar refractivity (Wildman–Crippen MR) is 50.3 cm³/mol. The van der Waals surface area contributed by atoms with E-state index in [1.165, 1.54) is 24.1 Å². The Morgan fingerprint density at radius 2 is 2.08 bits per heavy atom. The fourth-order valence-electron chi connectivity index (χ4n) is 1.94. The van der Waals surface area contributed by atoms with Gasteiger partial charge in [0.2, 0.25) is 0 Å². The van der Waals surface area contributed by atoms with Crippen molar-refractivity contribution in [3.05, 3.63) is 29.1 Å². The van der Waals surface area contributed by atoms with Gasteiger partial charge in [0.05, 0.1) is 0 Å². The Kier molecular flexibility index (Phi) is 1.50. The molecule has 0 aliphatic heterocycles. The summed E-state index contributed by atoms with van der Waals surface area (Å²) < 4.78 is 0. The number of pyridine rings is 1. The molecule has 1 aliphatic rings. The minimum atomic E-state index is 0.307. The Labute approximate surface area is 73.8 Å². The molecule has 0 spiro atoms. The van der Waals surface area contributed by atoms with Gasteiger partial charge in [0.15, 0.2) is 0 Å². The molecule has 2 rings (SSSR count). The second-order valence-corrected chi connectivity index (χ2v) is 4.34. The van der Waals surface area contributed by atoms with Crippen LogP contribution in [-0.4, -0.2) is 4.98 Å². The van der Waals surface area contributed by atoms with Crippen molar-refractivity contribution in [2.45, 2.75) is 39.0 Å². The highest BCUT2D eigenvalue weighted by atomic mass is 14.7. The van der Waals surface area contributed by atoms with E-state index in [1.54, 1.807) is 0 Å². The monoisotopic (exact) mass is 161 g/mol. The first-order valence-electron chi connectivity index (χ1n) is 4.57. The summed E-state index contributed by atoms with van der Waals surface area (Å²) in [6, 6.07) is 4.34. The summed E-state index contributed by atoms with van der Waals surface area (Å²) in [6.45, 7) is 6.63. The van der Waals surface area contributed by atoms with Gasteiger partial charge in [-0.3, -0.25) is 4.98 Å². The molecule has 12 heavy (non-hydrogen) atoms. The first-order valence-corrected chi connectivity index (χ1v) is 4.57. The average molecular weight is 161 g/mol. The second-order valence-electron chi connectivity index (χ2n) is 4.34. The lowest BCUT2D eigenvalue weighted by molar-refractivity contribution is 0.508. The van der Waals surface area contributed by atoms with Crippen molar-refractivity contribution in [3.63, 3.8) is 0 Å². The van der Waals surface area contributed by atoms with Crippen molar-refractivity contribution in [3.8, 4) is 0 Å². The molecule has 1 nitrogen and oxygen atoms in total. The van der Waals surface area contributed by atoms with Gasteiger partial charge in [0.1, 0.15) is 0 Å². The molecule has 0 atom stereocenters. The smallest absolute Gasteiger partial charge is 0.0495 e. The summed E-state index contributed by atoms with van der Waals surface area (Å²) in [7, 11) is 0. The van der Waals surface area contributed by atoms with Crippen LogP contribution in [0.15, 0.2) is 12.1 Å². The zero-order valence-electron chi connectivity index (χ0n) is 8.02. The Balaban J connectivity index is 2.57. The largest absolute Gasteiger partial charge is 0.257 e. The maximum Gasteiger partial charge on any atom is 0.0495 e. The molecule has 0 saturated heterocycles. The van der Waals surface area contributed by atoms with Crippen LogP contribution >= 0.6 is 0 Å². The van der Waals surface area contributed by atoms with Crippen LogP contribution in [0, 0.1) is 6.92 Å². The van der Waals surface area contributed by atoms with E-state index in [4.69, 9.17) is 0 Å². The van der Waals surface area contributed by atoms with Gasteiger partial charge in [0, 0.05) is 16.8 Å². The summed E-state index contributed by atoms with van der Waals surface area (Å²) in [6.07, 6.45) is 2.45. The summed E-state index contributed by atoms with van der Waals surface area (Å²) in [5.74, 6) is 0. The van der Waals surface area contributed by atoms with E-state index in [9.17, 15) is 0 Å². The fraction of sp³-hybridized carbons (Fsp3) is 0.545. The third-order valence-electron chi connectivity index (χ3n) is 2.78. The fourth-order valence-corrected chi connectivity index (χ4v) is 1.94. The number of aromatic nitrogens is 1. The maximum absolute atomic E-state index is 4.61. The van der Waals surface area contributed by atoms with E-state index in [1.807, 2.05) is 0 Å². The summed E-state index contributed by atoms with van der Waals surface area (Å²) in [5.41, 5.74) is 4.22. The molecule has 0 radical (unpaired) electrons. The quantitative estimate of drug-likeness (QED) is 0.570. The molecular weight excluding hydrogens is 146 g/mol. The van der Waals surface area contributed by atoms with Crippen LogP contribution in [0.1, 0.15) is 37.2 Å². The molecule has 1 heteroatoms. The first kappa shape index (κ1) is 7.78. The second kappa shape index (κ2) is 2.32. The molecular formula is C11H15N. The predicted octanol–water partition coefficient (Wildman–Crippen LogP) is 2.61. The lowest BCUT2D eigenvalue weighted by Crippen LogP contribution is -2.14.